The van der Waals surface area contributed by atoms with Crippen LogP contribution < -0.4 is 0 Å². The highest BCUT2D eigenvalue weighted by atomic mass is 35.5. The Kier molecular flexibility index (Phi) is 7.57. The van der Waals surface area contributed by atoms with Crippen molar-refractivity contribution in [3.8, 4) is 0 Å². The Morgan fingerprint density at radius 2 is 1.78 bits per heavy atom. The highest BCUT2D eigenvalue weighted by Gasteiger charge is 2.30. The van der Waals surface area contributed by atoms with Gasteiger partial charge in [-0.1, -0.05) is 17.7 Å². The first-order valence-corrected chi connectivity index (χ1v) is 13.3. The molecule has 2 aliphatic heterocycles. The lowest BCUT2D eigenvalue weighted by Gasteiger charge is -2.42. The van der Waals surface area contributed by atoms with Crippen molar-refractivity contribution in [2.45, 2.75) is 54.8 Å². The van der Waals surface area contributed by atoms with Crippen molar-refractivity contribution in [1.82, 2.24) is 14.7 Å². The van der Waals surface area contributed by atoms with E-state index in [9.17, 15) is 13.4 Å². The predicted octanol–water partition coefficient (Wildman–Crippen LogP) is 3.40. The van der Waals surface area contributed by atoms with Crippen LogP contribution in [0.4, 0.5) is 0 Å². The summed E-state index contributed by atoms with van der Waals surface area (Å²) in [7, 11) is -3.96. The van der Waals surface area contributed by atoms with Crippen molar-refractivity contribution in [2.24, 2.45) is 5.92 Å². The van der Waals surface area contributed by atoms with E-state index in [-0.39, 0.29) is 16.8 Å². The Hall–Kier alpha value is -1.45. The van der Waals surface area contributed by atoms with Crippen LogP contribution in [0.5, 0.6) is 0 Å². The van der Waals surface area contributed by atoms with Crippen LogP contribution in [0.25, 0.3) is 0 Å². The number of aromatic nitrogens is 1. The topological polar surface area (TPSA) is 73.7 Å². The lowest BCUT2D eigenvalue weighted by atomic mass is 9.81. The molecule has 2 aromatic rings. The first-order valence-electron chi connectivity index (χ1n) is 11.4. The summed E-state index contributed by atoms with van der Waals surface area (Å²) in [5.41, 5.74) is 0.943. The van der Waals surface area contributed by atoms with Gasteiger partial charge in [0.15, 0.2) is 0 Å². The zero-order valence-corrected chi connectivity index (χ0v) is 20.1. The number of sulfone groups is 1. The fourth-order valence-corrected chi connectivity index (χ4v) is 6.41. The Balaban J connectivity index is 1.30. The molecule has 1 N–H and O–H groups in total. The number of likely N-dealkylation sites (tertiary alicyclic amines) is 1. The van der Waals surface area contributed by atoms with Gasteiger partial charge in [0.2, 0.25) is 9.84 Å². The van der Waals surface area contributed by atoms with Crippen LogP contribution in [0.3, 0.4) is 0 Å². The zero-order chi connectivity index (χ0) is 22.7. The van der Waals surface area contributed by atoms with Gasteiger partial charge in [-0.15, -0.1) is 0 Å². The van der Waals surface area contributed by atoms with Crippen molar-refractivity contribution in [1.29, 1.82) is 0 Å². The van der Waals surface area contributed by atoms with Gasteiger partial charge in [0, 0.05) is 23.0 Å². The van der Waals surface area contributed by atoms with E-state index >= 15 is 0 Å². The molecular formula is C23H31BClN3O3S. The molecule has 0 radical (unpaired) electrons. The van der Waals surface area contributed by atoms with E-state index in [2.05, 4.69) is 14.7 Å². The smallest absolute Gasteiger partial charge is 0.376 e. The largest absolute Gasteiger partial charge is 0.437 e. The summed E-state index contributed by atoms with van der Waals surface area (Å²) >= 11 is 5.95. The number of rotatable bonds is 6. The number of pyridine rings is 1. The van der Waals surface area contributed by atoms with Crippen LogP contribution in [-0.4, -0.2) is 67.4 Å². The van der Waals surface area contributed by atoms with Gasteiger partial charge < -0.3 is 14.7 Å². The quantitative estimate of drug-likeness (QED) is 0.646. The molecule has 0 unspecified atom stereocenters. The molecule has 9 heteroatoms. The molecular weight excluding hydrogens is 445 g/mol. The first-order chi connectivity index (χ1) is 15.3. The van der Waals surface area contributed by atoms with Crippen molar-refractivity contribution >= 4 is 28.5 Å². The molecule has 2 aliphatic rings. The Morgan fingerprint density at radius 3 is 2.38 bits per heavy atom. The molecule has 2 fully saturated rings. The SMILES string of the molecule is CB(O)N1CCC(N2CCC(Cc3ccc(S(=O)(=O)c4cccc(Cl)c4)cn3)CC2)CC1. The lowest BCUT2D eigenvalue weighted by Crippen LogP contribution is -2.50. The van der Waals surface area contributed by atoms with E-state index < -0.39 is 9.84 Å². The highest BCUT2D eigenvalue weighted by Crippen LogP contribution is 2.27. The van der Waals surface area contributed by atoms with Crippen LogP contribution in [0, 0.1) is 5.92 Å². The van der Waals surface area contributed by atoms with E-state index in [0.29, 0.717) is 17.0 Å². The molecule has 1 aromatic heterocycles. The second-order valence-electron chi connectivity index (χ2n) is 9.03. The molecule has 0 saturated carbocycles. The maximum Gasteiger partial charge on any atom is 0.376 e. The van der Waals surface area contributed by atoms with Crippen LogP contribution in [0.15, 0.2) is 52.4 Å². The summed E-state index contributed by atoms with van der Waals surface area (Å²) in [6, 6.07) is 10.4. The number of halogens is 1. The maximum atomic E-state index is 12.8. The Morgan fingerprint density at radius 1 is 1.06 bits per heavy atom. The summed E-state index contributed by atoms with van der Waals surface area (Å²) in [6.45, 7) is 5.99. The van der Waals surface area contributed by atoms with E-state index in [1.54, 1.807) is 24.3 Å². The molecule has 3 heterocycles. The maximum absolute atomic E-state index is 12.8. The fraction of sp³-hybridized carbons (Fsp3) is 0.522. The van der Waals surface area contributed by atoms with Crippen LogP contribution in [0.1, 0.15) is 31.4 Å². The molecule has 2 saturated heterocycles. The standard InChI is InChI=1S/C23H31BClN3O3S/c1-24(29)28-13-9-21(10-14-28)27-11-7-18(8-12-27)15-20-5-6-23(17-26-20)32(30,31)22-4-2-3-19(25)16-22/h2-6,16-18,21,29H,7-15H2,1H3. The second kappa shape index (κ2) is 10.2. The highest BCUT2D eigenvalue weighted by molar-refractivity contribution is 7.91. The minimum Gasteiger partial charge on any atom is -0.437 e. The van der Waals surface area contributed by atoms with E-state index in [1.807, 2.05) is 12.9 Å². The van der Waals surface area contributed by atoms with Crippen LogP contribution in [-0.2, 0) is 16.3 Å². The van der Waals surface area contributed by atoms with Gasteiger partial charge in [-0.25, -0.2) is 8.42 Å². The monoisotopic (exact) mass is 475 g/mol. The van der Waals surface area contributed by atoms with E-state index in [1.165, 1.54) is 12.3 Å². The number of nitrogens with zero attached hydrogens (tertiary/aromatic N) is 3. The van der Waals surface area contributed by atoms with Crippen molar-refractivity contribution in [2.75, 3.05) is 26.2 Å². The lowest BCUT2D eigenvalue weighted by molar-refractivity contribution is 0.0934. The van der Waals surface area contributed by atoms with E-state index in [0.717, 1.165) is 64.0 Å². The molecule has 0 amide bonds. The third-order valence-electron chi connectivity index (χ3n) is 6.91. The molecule has 0 bridgehead atoms. The van der Waals surface area contributed by atoms with Crippen LogP contribution in [0.2, 0.25) is 11.8 Å². The fourth-order valence-electron chi connectivity index (χ4n) is 4.90. The van der Waals surface area contributed by atoms with Gasteiger partial charge in [0.25, 0.3) is 0 Å². The molecule has 172 valence electrons. The molecule has 0 spiro atoms. The van der Waals surface area contributed by atoms with Gasteiger partial charge in [-0.05, 0) is 101 Å². The zero-order valence-electron chi connectivity index (χ0n) is 18.5. The third kappa shape index (κ3) is 5.54. The van der Waals surface area contributed by atoms with Gasteiger partial charge >= 0.3 is 7.05 Å². The molecule has 1 aromatic carbocycles. The second-order valence-corrected chi connectivity index (χ2v) is 11.4. The predicted molar refractivity (Wildman–Crippen MR) is 128 cm³/mol. The minimum atomic E-state index is -3.61. The van der Waals surface area contributed by atoms with Gasteiger partial charge in [0.1, 0.15) is 0 Å². The molecule has 32 heavy (non-hydrogen) atoms. The average molecular weight is 476 g/mol. The molecule has 0 atom stereocenters. The van der Waals surface area contributed by atoms with Crippen molar-refractivity contribution in [3.05, 3.63) is 53.3 Å². The molecule has 4 rings (SSSR count). The number of benzene rings is 1. The van der Waals surface area contributed by atoms with Gasteiger partial charge in [0.05, 0.1) is 9.79 Å². The summed E-state index contributed by atoms with van der Waals surface area (Å²) in [4.78, 5) is 9.61. The summed E-state index contributed by atoms with van der Waals surface area (Å²) in [5, 5.41) is 10.1. The van der Waals surface area contributed by atoms with Crippen molar-refractivity contribution < 1.29 is 13.4 Å². The van der Waals surface area contributed by atoms with E-state index in [4.69, 9.17) is 11.6 Å². The minimum absolute atomic E-state index is 0.186. The van der Waals surface area contributed by atoms with Crippen molar-refractivity contribution in [3.63, 3.8) is 0 Å². The first kappa shape index (κ1) is 23.7. The molecule has 6 nitrogen and oxygen atoms in total. The number of hydrogen-bond donors (Lipinski definition) is 1. The summed E-state index contributed by atoms with van der Waals surface area (Å²) in [6.07, 6.45) is 6.88. The number of piperidine rings is 2. The van der Waals surface area contributed by atoms with Gasteiger partial charge in [-0.2, -0.15) is 0 Å². The van der Waals surface area contributed by atoms with Gasteiger partial charge in [-0.3, -0.25) is 4.98 Å². The average Bonchev–Trinajstić information content (AvgIpc) is 2.80. The Labute approximate surface area is 196 Å². The normalized spacial score (nSPS) is 19.8. The van der Waals surface area contributed by atoms with Crippen LogP contribution >= 0.6 is 11.6 Å². The third-order valence-corrected chi connectivity index (χ3v) is 8.88. The Bertz CT molecular complexity index is 1000. The molecule has 0 aliphatic carbocycles. The summed E-state index contributed by atoms with van der Waals surface area (Å²) < 4.78 is 25.6. The summed E-state index contributed by atoms with van der Waals surface area (Å²) in [5.74, 6) is 0.576. The number of hydrogen-bond acceptors (Lipinski definition) is 6.